The highest BCUT2D eigenvalue weighted by molar-refractivity contribution is 5.50. The van der Waals surface area contributed by atoms with Gasteiger partial charge in [-0.15, -0.1) is 0 Å². The molecule has 0 aliphatic heterocycles. The van der Waals surface area contributed by atoms with Crippen LogP contribution in [0.2, 0.25) is 0 Å². The van der Waals surface area contributed by atoms with E-state index in [1.54, 1.807) is 0 Å². The van der Waals surface area contributed by atoms with Crippen LogP contribution in [-0.4, -0.2) is 23.3 Å². The molecule has 0 saturated heterocycles. The van der Waals surface area contributed by atoms with Crippen LogP contribution in [0.25, 0.3) is 0 Å². The molecule has 0 atom stereocenters. The van der Waals surface area contributed by atoms with Gasteiger partial charge in [-0.3, -0.25) is 0 Å². The summed E-state index contributed by atoms with van der Waals surface area (Å²) in [5, 5.41) is 7.26. The van der Waals surface area contributed by atoms with Gasteiger partial charge in [0.05, 0.1) is 0 Å². The van der Waals surface area contributed by atoms with Gasteiger partial charge >= 0.3 is 0 Å². The Morgan fingerprint density at radius 2 is 2.15 bits per heavy atom. The first-order chi connectivity index (χ1) is 9.79. The third kappa shape index (κ3) is 4.35. The second kappa shape index (κ2) is 7.65. The Morgan fingerprint density at radius 1 is 1.30 bits per heavy atom. The van der Waals surface area contributed by atoms with Crippen molar-refractivity contribution >= 4 is 5.69 Å². The average Bonchev–Trinajstić information content (AvgIpc) is 2.89. The molecule has 5 heteroatoms. The molecule has 0 radical (unpaired) electrons. The van der Waals surface area contributed by atoms with Gasteiger partial charge in [0.15, 0.2) is 5.82 Å². The van der Waals surface area contributed by atoms with Crippen molar-refractivity contribution in [3.63, 3.8) is 0 Å². The molecule has 5 nitrogen and oxygen atoms in total. The smallest absolute Gasteiger partial charge is 0.228 e. The molecule has 1 aromatic carbocycles. The summed E-state index contributed by atoms with van der Waals surface area (Å²) < 4.78 is 10.6. The van der Waals surface area contributed by atoms with E-state index >= 15 is 0 Å². The topological polar surface area (TPSA) is 60.2 Å². The Bertz CT molecular complexity index is 525. The molecule has 0 bridgehead atoms. The molecular formula is C15H21N3O2. The Kier molecular flexibility index (Phi) is 5.55. The number of nitrogens with one attached hydrogen (secondary N) is 1. The van der Waals surface area contributed by atoms with Gasteiger partial charge in [0.25, 0.3) is 0 Å². The fourth-order valence-electron chi connectivity index (χ4n) is 1.83. The molecule has 1 N–H and O–H groups in total. The molecule has 0 fully saturated rings. The minimum Gasteiger partial charge on any atom is -0.384 e. The van der Waals surface area contributed by atoms with Crippen molar-refractivity contribution in [1.82, 2.24) is 10.1 Å². The van der Waals surface area contributed by atoms with Crippen molar-refractivity contribution in [1.29, 1.82) is 0 Å². The number of rotatable bonds is 8. The molecule has 0 unspecified atom stereocenters. The maximum absolute atomic E-state index is 5.37. The van der Waals surface area contributed by atoms with Crippen molar-refractivity contribution in [2.24, 2.45) is 0 Å². The van der Waals surface area contributed by atoms with Crippen molar-refractivity contribution in [2.75, 3.05) is 18.5 Å². The fourth-order valence-corrected chi connectivity index (χ4v) is 1.83. The summed E-state index contributed by atoms with van der Waals surface area (Å²) in [5.41, 5.74) is 2.37. The highest BCUT2D eigenvalue weighted by Crippen LogP contribution is 2.12. The van der Waals surface area contributed by atoms with Crippen LogP contribution in [0.5, 0.6) is 0 Å². The predicted octanol–water partition coefficient (Wildman–Crippen LogP) is 2.96. The summed E-state index contributed by atoms with van der Waals surface area (Å²) >= 11 is 0. The average molecular weight is 275 g/mol. The van der Waals surface area contributed by atoms with Gasteiger partial charge in [-0.05, 0) is 25.0 Å². The first-order valence-corrected chi connectivity index (χ1v) is 6.98. The minimum atomic E-state index is 0.419. The van der Waals surface area contributed by atoms with E-state index in [0.29, 0.717) is 24.7 Å². The summed E-state index contributed by atoms with van der Waals surface area (Å²) in [6.07, 6.45) is 1.69. The number of ether oxygens (including phenoxy) is 1. The number of benzene rings is 1. The van der Waals surface area contributed by atoms with Gasteiger partial charge in [-0.25, -0.2) is 0 Å². The Labute approximate surface area is 119 Å². The van der Waals surface area contributed by atoms with E-state index in [9.17, 15) is 0 Å². The van der Waals surface area contributed by atoms with Crippen LogP contribution in [0.1, 0.15) is 30.6 Å². The van der Waals surface area contributed by atoms with Crippen LogP contribution in [0.3, 0.4) is 0 Å². The molecule has 0 aliphatic rings. The van der Waals surface area contributed by atoms with Crippen LogP contribution >= 0.6 is 0 Å². The lowest BCUT2D eigenvalue weighted by Crippen LogP contribution is -2.06. The van der Waals surface area contributed by atoms with Crippen molar-refractivity contribution in [3.05, 3.63) is 41.5 Å². The lowest BCUT2D eigenvalue weighted by molar-refractivity contribution is 0.114. The largest absolute Gasteiger partial charge is 0.384 e. The maximum Gasteiger partial charge on any atom is 0.228 e. The molecule has 0 spiro atoms. The number of nitrogens with zero attached hydrogens (tertiary/aromatic N) is 2. The second-order valence-electron chi connectivity index (χ2n) is 4.65. The summed E-state index contributed by atoms with van der Waals surface area (Å²) in [4.78, 5) is 4.29. The molecule has 0 amide bonds. The zero-order valence-corrected chi connectivity index (χ0v) is 12.1. The quantitative estimate of drug-likeness (QED) is 0.750. The van der Waals surface area contributed by atoms with E-state index in [1.165, 1.54) is 5.56 Å². The van der Waals surface area contributed by atoms with E-state index in [4.69, 9.17) is 9.26 Å². The first kappa shape index (κ1) is 14.5. The molecule has 2 rings (SSSR count). The fraction of sp³-hybridized carbons (Fsp3) is 0.467. The molecule has 108 valence electrons. The third-order valence-corrected chi connectivity index (χ3v) is 2.89. The van der Waals surface area contributed by atoms with Gasteiger partial charge in [0.1, 0.15) is 6.61 Å². The Morgan fingerprint density at radius 3 is 2.95 bits per heavy atom. The summed E-state index contributed by atoms with van der Waals surface area (Å²) in [6.45, 7) is 6.06. The standard InChI is InChI=1S/C15H21N3O2/c1-3-10-19-11-14-17-15(20-18-14)8-9-16-13-7-5-4-6-12(13)2/h4-7,16H,3,8-11H2,1-2H3. The predicted molar refractivity (Wildman–Crippen MR) is 77.6 cm³/mol. The van der Waals surface area contributed by atoms with E-state index in [0.717, 1.165) is 25.3 Å². The highest BCUT2D eigenvalue weighted by atomic mass is 16.5. The summed E-state index contributed by atoms with van der Waals surface area (Å²) in [7, 11) is 0. The van der Waals surface area contributed by atoms with E-state index < -0.39 is 0 Å². The molecule has 1 heterocycles. The zero-order chi connectivity index (χ0) is 14.2. The zero-order valence-electron chi connectivity index (χ0n) is 12.1. The second-order valence-corrected chi connectivity index (χ2v) is 4.65. The molecule has 2 aromatic rings. The van der Waals surface area contributed by atoms with Gasteiger partial charge in [0.2, 0.25) is 5.89 Å². The normalized spacial score (nSPS) is 10.7. The summed E-state index contributed by atoms with van der Waals surface area (Å²) in [6, 6.07) is 8.19. The van der Waals surface area contributed by atoms with Crippen molar-refractivity contribution < 1.29 is 9.26 Å². The first-order valence-electron chi connectivity index (χ1n) is 6.98. The number of hydrogen-bond acceptors (Lipinski definition) is 5. The SMILES string of the molecule is CCCOCc1noc(CCNc2ccccc2C)n1. The Balaban J connectivity index is 1.75. The van der Waals surface area contributed by atoms with Crippen molar-refractivity contribution in [2.45, 2.75) is 33.3 Å². The van der Waals surface area contributed by atoms with Crippen LogP contribution < -0.4 is 5.32 Å². The van der Waals surface area contributed by atoms with Crippen LogP contribution in [-0.2, 0) is 17.8 Å². The highest BCUT2D eigenvalue weighted by Gasteiger charge is 2.06. The monoisotopic (exact) mass is 275 g/mol. The number of aryl methyl sites for hydroxylation is 1. The van der Waals surface area contributed by atoms with Crippen LogP contribution in [0.4, 0.5) is 5.69 Å². The lowest BCUT2D eigenvalue weighted by atomic mass is 10.2. The van der Waals surface area contributed by atoms with Crippen LogP contribution in [0.15, 0.2) is 28.8 Å². The van der Waals surface area contributed by atoms with Crippen LogP contribution in [0, 0.1) is 6.92 Å². The Hall–Kier alpha value is -1.88. The van der Waals surface area contributed by atoms with E-state index in [1.807, 2.05) is 12.1 Å². The molecule has 0 saturated carbocycles. The van der Waals surface area contributed by atoms with Gasteiger partial charge in [-0.2, -0.15) is 4.98 Å². The molecule has 1 aromatic heterocycles. The number of hydrogen-bond donors (Lipinski definition) is 1. The number of anilines is 1. The summed E-state index contributed by atoms with van der Waals surface area (Å²) in [5.74, 6) is 1.26. The van der Waals surface area contributed by atoms with Gasteiger partial charge < -0.3 is 14.6 Å². The lowest BCUT2D eigenvalue weighted by Gasteiger charge is -2.07. The number of aromatic nitrogens is 2. The molecule has 0 aliphatic carbocycles. The minimum absolute atomic E-state index is 0.419. The van der Waals surface area contributed by atoms with Crippen molar-refractivity contribution in [3.8, 4) is 0 Å². The maximum atomic E-state index is 5.37. The number of para-hydroxylation sites is 1. The van der Waals surface area contributed by atoms with E-state index in [-0.39, 0.29) is 0 Å². The molecular weight excluding hydrogens is 254 g/mol. The molecule has 20 heavy (non-hydrogen) atoms. The third-order valence-electron chi connectivity index (χ3n) is 2.89. The van der Waals surface area contributed by atoms with Gasteiger partial charge in [0, 0.05) is 25.3 Å². The van der Waals surface area contributed by atoms with Gasteiger partial charge in [-0.1, -0.05) is 30.3 Å². The van der Waals surface area contributed by atoms with E-state index in [2.05, 4.69) is 41.4 Å².